The van der Waals surface area contributed by atoms with Crippen molar-refractivity contribution in [3.05, 3.63) is 76.2 Å². The fourth-order valence-electron chi connectivity index (χ4n) is 2.96. The van der Waals surface area contributed by atoms with Gasteiger partial charge in [0.25, 0.3) is 5.56 Å². The Kier molecular flexibility index (Phi) is 4.43. The van der Waals surface area contributed by atoms with Crippen LogP contribution in [-0.4, -0.2) is 15.9 Å². The quantitative estimate of drug-likeness (QED) is 0.466. The second-order valence-corrected chi connectivity index (χ2v) is 7.04. The van der Waals surface area contributed by atoms with Crippen LogP contribution in [0.15, 0.2) is 65.0 Å². The average Bonchev–Trinajstić information content (AvgIpc) is 3.09. The molecule has 8 heteroatoms. The van der Waals surface area contributed by atoms with Crippen LogP contribution in [0.2, 0.25) is 0 Å². The van der Waals surface area contributed by atoms with Crippen LogP contribution in [-0.2, 0) is 0 Å². The van der Waals surface area contributed by atoms with Crippen molar-refractivity contribution in [2.24, 2.45) is 0 Å². The zero-order chi connectivity index (χ0) is 19.9. The minimum absolute atomic E-state index is 0.277. The third kappa shape index (κ3) is 3.63. The van der Waals surface area contributed by atoms with Gasteiger partial charge in [0.15, 0.2) is 0 Å². The average molecular weight is 402 g/mol. The minimum atomic E-state index is -4.76. The maximum Gasteiger partial charge on any atom is 0.573 e. The number of hydrogen-bond donors (Lipinski definition) is 0. The summed E-state index contributed by atoms with van der Waals surface area (Å²) < 4.78 is 43.3. The summed E-state index contributed by atoms with van der Waals surface area (Å²) in [6.07, 6.45) is -3.07. The van der Waals surface area contributed by atoms with Gasteiger partial charge in [0.1, 0.15) is 5.75 Å². The van der Waals surface area contributed by atoms with E-state index in [4.69, 9.17) is 0 Å². The first-order valence-electron chi connectivity index (χ1n) is 8.23. The first-order valence-corrected chi connectivity index (χ1v) is 9.11. The van der Waals surface area contributed by atoms with E-state index in [0.29, 0.717) is 5.69 Å². The molecule has 0 saturated carbocycles. The lowest BCUT2D eigenvalue weighted by atomic mass is 10.0. The van der Waals surface area contributed by atoms with Crippen molar-refractivity contribution in [2.75, 3.05) is 0 Å². The van der Waals surface area contributed by atoms with Gasteiger partial charge >= 0.3 is 6.36 Å². The van der Waals surface area contributed by atoms with Crippen molar-refractivity contribution >= 4 is 21.6 Å². The number of ether oxygens (including phenoxy) is 1. The van der Waals surface area contributed by atoms with Gasteiger partial charge < -0.3 is 4.74 Å². The van der Waals surface area contributed by atoms with E-state index in [1.165, 1.54) is 34.9 Å². The molecule has 4 nitrogen and oxygen atoms in total. The molecule has 0 aliphatic rings. The fourth-order valence-corrected chi connectivity index (χ4v) is 3.62. The highest BCUT2D eigenvalue weighted by atomic mass is 32.1. The molecule has 0 radical (unpaired) electrons. The van der Waals surface area contributed by atoms with E-state index in [9.17, 15) is 18.0 Å². The summed E-state index contributed by atoms with van der Waals surface area (Å²) in [5.74, 6) is -0.342. The lowest BCUT2D eigenvalue weighted by Crippen LogP contribution is -2.18. The molecule has 0 fully saturated rings. The molecule has 142 valence electrons. The third-order valence-electron chi connectivity index (χ3n) is 4.25. The number of rotatable bonds is 3. The summed E-state index contributed by atoms with van der Waals surface area (Å²) in [5, 5.41) is 0. The molecule has 0 amide bonds. The topological polar surface area (TPSA) is 44.1 Å². The predicted molar refractivity (Wildman–Crippen MR) is 102 cm³/mol. The zero-order valence-corrected chi connectivity index (χ0v) is 15.3. The summed E-state index contributed by atoms with van der Waals surface area (Å²) in [6.45, 7) is 1.84. The molecule has 4 rings (SSSR count). The van der Waals surface area contributed by atoms with Crippen LogP contribution in [0.3, 0.4) is 0 Å². The van der Waals surface area contributed by atoms with Gasteiger partial charge in [-0.3, -0.25) is 9.36 Å². The summed E-state index contributed by atoms with van der Waals surface area (Å²) in [6, 6.07) is 12.5. The summed E-state index contributed by atoms with van der Waals surface area (Å²) in [5.41, 5.74) is 5.34. The molecule has 2 aromatic carbocycles. The molecule has 0 bridgehead atoms. The molecular formula is C20H13F3N2O2S. The number of alkyl halides is 3. The molecule has 4 aromatic rings. The van der Waals surface area contributed by atoms with E-state index in [1.807, 2.05) is 25.1 Å². The Hall–Kier alpha value is -3.13. The summed E-state index contributed by atoms with van der Waals surface area (Å²) in [7, 11) is 0. The Morgan fingerprint density at radius 2 is 1.82 bits per heavy atom. The standard InChI is InChI=1S/C20H13F3N2O2S/c1-12-8-19(26)25(14-3-5-15(6-4-14)27-20(21,22)23)10-16(12)13-2-7-18-17(9-13)24-11-28-18/h2-11H,1H3. The van der Waals surface area contributed by atoms with E-state index < -0.39 is 6.36 Å². The van der Waals surface area contributed by atoms with Gasteiger partial charge in [0.2, 0.25) is 0 Å². The van der Waals surface area contributed by atoms with Gasteiger partial charge in [-0.2, -0.15) is 0 Å². The maximum atomic E-state index is 12.4. The lowest BCUT2D eigenvalue weighted by Gasteiger charge is -2.13. The molecule has 0 aliphatic carbocycles. The van der Waals surface area contributed by atoms with Crippen LogP contribution in [0.25, 0.3) is 27.0 Å². The van der Waals surface area contributed by atoms with E-state index in [0.717, 1.165) is 26.9 Å². The van der Waals surface area contributed by atoms with Gasteiger partial charge in [0, 0.05) is 23.5 Å². The number of hydrogen-bond acceptors (Lipinski definition) is 4. The zero-order valence-electron chi connectivity index (χ0n) is 14.5. The molecule has 0 unspecified atom stereocenters. The second-order valence-electron chi connectivity index (χ2n) is 6.15. The van der Waals surface area contributed by atoms with Crippen molar-refractivity contribution < 1.29 is 17.9 Å². The lowest BCUT2D eigenvalue weighted by molar-refractivity contribution is -0.274. The highest BCUT2D eigenvalue weighted by Crippen LogP contribution is 2.28. The van der Waals surface area contributed by atoms with Crippen molar-refractivity contribution in [3.63, 3.8) is 0 Å². The summed E-state index contributed by atoms with van der Waals surface area (Å²) in [4.78, 5) is 16.8. The van der Waals surface area contributed by atoms with E-state index >= 15 is 0 Å². The van der Waals surface area contributed by atoms with Crippen molar-refractivity contribution in [2.45, 2.75) is 13.3 Å². The Morgan fingerprint density at radius 3 is 2.54 bits per heavy atom. The molecular weight excluding hydrogens is 389 g/mol. The van der Waals surface area contributed by atoms with Crippen LogP contribution in [0.5, 0.6) is 5.75 Å². The maximum absolute atomic E-state index is 12.4. The van der Waals surface area contributed by atoms with Crippen molar-refractivity contribution in [1.29, 1.82) is 0 Å². The number of halogens is 3. The molecule has 0 saturated heterocycles. The number of thiazole rings is 1. The number of benzene rings is 2. The Bertz CT molecular complexity index is 1210. The molecule has 2 heterocycles. The largest absolute Gasteiger partial charge is 0.573 e. The van der Waals surface area contributed by atoms with E-state index in [-0.39, 0.29) is 11.3 Å². The number of pyridine rings is 1. The molecule has 0 atom stereocenters. The summed E-state index contributed by atoms with van der Waals surface area (Å²) >= 11 is 1.54. The van der Waals surface area contributed by atoms with Gasteiger partial charge in [-0.25, -0.2) is 4.98 Å². The highest BCUT2D eigenvalue weighted by molar-refractivity contribution is 7.16. The fraction of sp³-hybridized carbons (Fsp3) is 0.100. The Labute approximate surface area is 161 Å². The SMILES string of the molecule is Cc1cc(=O)n(-c2ccc(OC(F)(F)F)cc2)cc1-c1ccc2scnc2c1. The Balaban J connectivity index is 1.76. The van der Waals surface area contributed by atoms with Crippen LogP contribution >= 0.6 is 11.3 Å². The van der Waals surface area contributed by atoms with Crippen LogP contribution in [0.1, 0.15) is 5.56 Å². The van der Waals surface area contributed by atoms with Crippen LogP contribution < -0.4 is 10.3 Å². The van der Waals surface area contributed by atoms with E-state index in [2.05, 4.69) is 9.72 Å². The van der Waals surface area contributed by atoms with Gasteiger partial charge in [-0.05, 0) is 54.4 Å². The first kappa shape index (κ1) is 18.2. The second kappa shape index (κ2) is 6.79. The third-order valence-corrected chi connectivity index (χ3v) is 5.06. The smallest absolute Gasteiger partial charge is 0.406 e. The first-order chi connectivity index (χ1) is 13.3. The minimum Gasteiger partial charge on any atom is -0.406 e. The van der Waals surface area contributed by atoms with Crippen LogP contribution in [0.4, 0.5) is 13.2 Å². The molecule has 0 aliphatic heterocycles. The monoisotopic (exact) mass is 402 g/mol. The normalized spacial score (nSPS) is 11.7. The Morgan fingerprint density at radius 1 is 1.07 bits per heavy atom. The number of aryl methyl sites for hydroxylation is 1. The van der Waals surface area contributed by atoms with Crippen LogP contribution in [0, 0.1) is 6.92 Å². The van der Waals surface area contributed by atoms with Gasteiger partial charge in [0.05, 0.1) is 15.7 Å². The van der Waals surface area contributed by atoms with Crippen molar-refractivity contribution in [3.8, 4) is 22.6 Å². The number of nitrogens with zero attached hydrogens (tertiary/aromatic N) is 2. The highest BCUT2D eigenvalue weighted by Gasteiger charge is 2.31. The van der Waals surface area contributed by atoms with Crippen molar-refractivity contribution in [1.82, 2.24) is 9.55 Å². The predicted octanol–water partition coefficient (Wildman–Crippen LogP) is 5.32. The number of fused-ring (bicyclic) bond motifs is 1. The molecule has 0 spiro atoms. The van der Waals surface area contributed by atoms with Gasteiger partial charge in [-0.15, -0.1) is 24.5 Å². The van der Waals surface area contributed by atoms with E-state index in [1.54, 1.807) is 23.0 Å². The van der Waals surface area contributed by atoms with Gasteiger partial charge in [-0.1, -0.05) is 6.07 Å². The molecule has 0 N–H and O–H groups in total. The molecule has 28 heavy (non-hydrogen) atoms. The number of aromatic nitrogens is 2. The molecule has 2 aromatic heterocycles.